The van der Waals surface area contributed by atoms with E-state index in [2.05, 4.69) is 26.6 Å². The van der Waals surface area contributed by atoms with E-state index in [1.807, 2.05) is 77.8 Å². The SMILES string of the molecule is CC(=O)N[C@H](Cc1ccccc1)c1nnc([CH]Cc2c[nH]c3ccccc23)n1Cc1ccc(OC(N)=O)cc1. The summed E-state index contributed by atoms with van der Waals surface area (Å²) in [5.41, 5.74) is 9.38. The Kier molecular flexibility index (Phi) is 7.68. The van der Waals surface area contributed by atoms with Crippen molar-refractivity contribution in [1.82, 2.24) is 25.1 Å². The first-order valence-corrected chi connectivity index (χ1v) is 12.6. The maximum atomic E-state index is 12.2. The highest BCUT2D eigenvalue weighted by Crippen LogP contribution is 2.24. The molecular formula is C30H29N6O3. The maximum Gasteiger partial charge on any atom is 0.409 e. The molecule has 0 fully saturated rings. The molecule has 5 rings (SSSR count). The van der Waals surface area contributed by atoms with Crippen LogP contribution in [0, 0.1) is 6.42 Å². The number of carbonyl (C=O) groups is 2. The molecule has 0 aliphatic carbocycles. The van der Waals surface area contributed by atoms with Crippen LogP contribution in [0.15, 0.2) is 85.1 Å². The largest absolute Gasteiger partial charge is 0.411 e. The van der Waals surface area contributed by atoms with Gasteiger partial charge in [-0.15, -0.1) is 10.2 Å². The van der Waals surface area contributed by atoms with Crippen molar-refractivity contribution in [3.05, 3.63) is 120 Å². The number of carbonyl (C=O) groups excluding carboxylic acids is 2. The van der Waals surface area contributed by atoms with Crippen LogP contribution in [0.1, 0.15) is 41.3 Å². The van der Waals surface area contributed by atoms with Crippen LogP contribution in [0.3, 0.4) is 0 Å². The number of ether oxygens (including phenoxy) is 1. The number of hydrogen-bond acceptors (Lipinski definition) is 5. The second kappa shape index (κ2) is 11.6. The topological polar surface area (TPSA) is 128 Å². The Morgan fingerprint density at radius 2 is 1.74 bits per heavy atom. The van der Waals surface area contributed by atoms with E-state index in [0.29, 0.717) is 36.8 Å². The summed E-state index contributed by atoms with van der Waals surface area (Å²) in [6, 6.07) is 24.8. The molecule has 0 unspecified atom stereocenters. The predicted molar refractivity (Wildman–Crippen MR) is 148 cm³/mol. The molecule has 0 spiro atoms. The van der Waals surface area contributed by atoms with Crippen LogP contribution in [0.2, 0.25) is 0 Å². The van der Waals surface area contributed by atoms with E-state index in [-0.39, 0.29) is 11.9 Å². The van der Waals surface area contributed by atoms with Gasteiger partial charge in [-0.05, 0) is 47.7 Å². The summed E-state index contributed by atoms with van der Waals surface area (Å²) < 4.78 is 6.98. The second-order valence-electron chi connectivity index (χ2n) is 9.28. The second-order valence-corrected chi connectivity index (χ2v) is 9.28. The number of para-hydroxylation sites is 1. The smallest absolute Gasteiger partial charge is 0.409 e. The molecule has 2 aromatic heterocycles. The molecule has 4 N–H and O–H groups in total. The number of rotatable bonds is 10. The summed E-state index contributed by atoms with van der Waals surface area (Å²) in [5.74, 6) is 1.55. The molecule has 0 bridgehead atoms. The standard InChI is InChI=1S/C30H29N6O3/c1-20(37)33-27(17-21-7-3-2-4-8-21)29-35-34-28(16-13-23-18-32-26-10-6-5-9-25(23)26)36(29)19-22-11-14-24(15-12-22)39-30(31)38/h2-12,14-16,18,27,32H,13,17,19H2,1H3,(H2,31,38)(H,33,37)/t27-/m1/s1. The van der Waals surface area contributed by atoms with Crippen molar-refractivity contribution < 1.29 is 14.3 Å². The number of nitrogens with one attached hydrogen (secondary N) is 2. The maximum absolute atomic E-state index is 12.2. The van der Waals surface area contributed by atoms with Gasteiger partial charge in [0.15, 0.2) is 5.82 Å². The third-order valence-electron chi connectivity index (χ3n) is 6.44. The Morgan fingerprint density at radius 3 is 2.49 bits per heavy atom. The quantitative estimate of drug-likeness (QED) is 0.250. The first-order chi connectivity index (χ1) is 19.0. The number of primary amides is 1. The van der Waals surface area contributed by atoms with Crippen molar-refractivity contribution >= 4 is 22.9 Å². The normalized spacial score (nSPS) is 11.8. The molecule has 0 aliphatic rings. The van der Waals surface area contributed by atoms with Crippen molar-refractivity contribution in [3.8, 4) is 5.75 Å². The Bertz CT molecular complexity index is 1570. The van der Waals surface area contributed by atoms with E-state index in [1.165, 1.54) is 6.92 Å². The van der Waals surface area contributed by atoms with E-state index in [9.17, 15) is 9.59 Å². The first kappa shape index (κ1) is 25.7. The number of H-pyrrole nitrogens is 1. The molecule has 0 aliphatic heterocycles. The number of benzene rings is 3. The van der Waals surface area contributed by atoms with Gasteiger partial charge in [-0.2, -0.15) is 0 Å². The number of hydrogen-bond donors (Lipinski definition) is 3. The Balaban J connectivity index is 1.47. The van der Waals surface area contributed by atoms with Crippen LogP contribution < -0.4 is 15.8 Å². The molecule has 5 aromatic rings. The van der Waals surface area contributed by atoms with Gasteiger partial charge in [0.25, 0.3) is 0 Å². The van der Waals surface area contributed by atoms with Crippen molar-refractivity contribution in [1.29, 1.82) is 0 Å². The summed E-state index contributed by atoms with van der Waals surface area (Å²) in [4.78, 5) is 26.6. The fraction of sp³-hybridized carbons (Fsp3) is 0.167. The van der Waals surface area contributed by atoms with Gasteiger partial charge in [-0.1, -0.05) is 60.7 Å². The molecule has 2 heterocycles. The van der Waals surface area contributed by atoms with Gasteiger partial charge in [0.05, 0.1) is 12.6 Å². The number of aromatic nitrogens is 4. The highest BCUT2D eigenvalue weighted by atomic mass is 16.5. The molecule has 1 radical (unpaired) electrons. The predicted octanol–water partition coefficient (Wildman–Crippen LogP) is 4.48. The first-order valence-electron chi connectivity index (χ1n) is 12.6. The summed E-state index contributed by atoms with van der Waals surface area (Å²) in [6.07, 6.45) is 4.40. The lowest BCUT2D eigenvalue weighted by Crippen LogP contribution is -2.30. The number of nitrogens with zero attached hydrogens (tertiary/aromatic N) is 3. The average Bonchev–Trinajstić information content (AvgIpc) is 3.52. The summed E-state index contributed by atoms with van der Waals surface area (Å²) >= 11 is 0. The zero-order valence-corrected chi connectivity index (χ0v) is 21.5. The van der Waals surface area contributed by atoms with E-state index in [1.54, 1.807) is 12.1 Å². The lowest BCUT2D eigenvalue weighted by Gasteiger charge is -2.20. The minimum atomic E-state index is -0.864. The van der Waals surface area contributed by atoms with Gasteiger partial charge in [0.1, 0.15) is 11.6 Å². The van der Waals surface area contributed by atoms with Crippen LogP contribution >= 0.6 is 0 Å². The Hall–Kier alpha value is -4.92. The molecule has 1 atom stereocenters. The summed E-state index contributed by atoms with van der Waals surface area (Å²) in [7, 11) is 0. The van der Waals surface area contributed by atoms with E-state index in [0.717, 1.165) is 27.6 Å². The molecule has 197 valence electrons. The number of nitrogens with two attached hydrogens (primary N) is 1. The molecule has 9 heteroatoms. The van der Waals surface area contributed by atoms with Gasteiger partial charge in [-0.25, -0.2) is 4.79 Å². The van der Waals surface area contributed by atoms with E-state index < -0.39 is 6.09 Å². The molecule has 39 heavy (non-hydrogen) atoms. The van der Waals surface area contributed by atoms with Crippen LogP contribution in [0.25, 0.3) is 10.9 Å². The molecule has 2 amide bonds. The third kappa shape index (κ3) is 6.32. The van der Waals surface area contributed by atoms with Gasteiger partial charge in [-0.3, -0.25) is 4.79 Å². The number of fused-ring (bicyclic) bond motifs is 1. The van der Waals surface area contributed by atoms with Crippen molar-refractivity contribution in [2.24, 2.45) is 5.73 Å². The van der Waals surface area contributed by atoms with Gasteiger partial charge >= 0.3 is 6.09 Å². The molecular weight excluding hydrogens is 492 g/mol. The van der Waals surface area contributed by atoms with E-state index >= 15 is 0 Å². The van der Waals surface area contributed by atoms with E-state index in [4.69, 9.17) is 10.5 Å². The minimum Gasteiger partial charge on any atom is -0.411 e. The highest BCUT2D eigenvalue weighted by molar-refractivity contribution is 5.83. The summed E-state index contributed by atoms with van der Waals surface area (Å²) in [5, 5.41) is 13.3. The molecule has 3 aromatic carbocycles. The van der Waals surface area contributed by atoms with Crippen LogP contribution in [0.4, 0.5) is 4.79 Å². The number of aromatic amines is 1. The Labute approximate surface area is 226 Å². The number of amides is 2. The zero-order chi connectivity index (χ0) is 27.2. The summed E-state index contributed by atoms with van der Waals surface area (Å²) in [6.45, 7) is 1.95. The van der Waals surface area contributed by atoms with Gasteiger partial charge in [0, 0.05) is 30.4 Å². The average molecular weight is 522 g/mol. The lowest BCUT2D eigenvalue weighted by molar-refractivity contribution is -0.119. The van der Waals surface area contributed by atoms with Crippen LogP contribution in [-0.2, 0) is 24.2 Å². The third-order valence-corrected chi connectivity index (χ3v) is 6.44. The highest BCUT2D eigenvalue weighted by Gasteiger charge is 2.23. The molecule has 0 saturated heterocycles. The van der Waals surface area contributed by atoms with Crippen molar-refractivity contribution in [2.45, 2.75) is 32.4 Å². The van der Waals surface area contributed by atoms with Crippen molar-refractivity contribution in [3.63, 3.8) is 0 Å². The van der Waals surface area contributed by atoms with Gasteiger partial charge in [0.2, 0.25) is 5.91 Å². The van der Waals surface area contributed by atoms with Crippen LogP contribution in [-0.4, -0.2) is 31.7 Å². The molecule has 0 saturated carbocycles. The Morgan fingerprint density at radius 1 is 1.00 bits per heavy atom. The zero-order valence-electron chi connectivity index (χ0n) is 21.5. The van der Waals surface area contributed by atoms with Gasteiger partial charge < -0.3 is 25.3 Å². The molecule has 9 nitrogen and oxygen atoms in total. The fourth-order valence-corrected chi connectivity index (χ4v) is 4.66. The van der Waals surface area contributed by atoms with Crippen molar-refractivity contribution in [2.75, 3.05) is 0 Å². The lowest BCUT2D eigenvalue weighted by atomic mass is 10.0. The fourth-order valence-electron chi connectivity index (χ4n) is 4.66. The minimum absolute atomic E-state index is 0.150. The monoisotopic (exact) mass is 521 g/mol. The van der Waals surface area contributed by atoms with Crippen LogP contribution in [0.5, 0.6) is 5.75 Å².